The van der Waals surface area contributed by atoms with Crippen molar-refractivity contribution >= 4 is 23.6 Å². The van der Waals surface area contributed by atoms with Crippen LogP contribution in [-0.4, -0.2) is 19.7 Å². The minimum absolute atomic E-state index is 0.597. The van der Waals surface area contributed by atoms with Crippen LogP contribution in [-0.2, 0) is 6.54 Å². The van der Waals surface area contributed by atoms with Crippen molar-refractivity contribution in [3.63, 3.8) is 0 Å². The van der Waals surface area contributed by atoms with Gasteiger partial charge in [-0.1, -0.05) is 35.9 Å². The molecule has 0 saturated carbocycles. The number of hydrogen-bond donors (Lipinski definition) is 1. The summed E-state index contributed by atoms with van der Waals surface area (Å²) in [5.41, 5.74) is 3.32. The molecule has 0 bridgehead atoms. The summed E-state index contributed by atoms with van der Waals surface area (Å²) in [7, 11) is 0. The fraction of sp³-hybridized carbons (Fsp3) is 0.188. The van der Waals surface area contributed by atoms with Crippen molar-refractivity contribution in [2.24, 2.45) is 0 Å². The van der Waals surface area contributed by atoms with Crippen molar-refractivity contribution < 1.29 is 0 Å². The normalized spacial score (nSPS) is 10.8. The Morgan fingerprint density at radius 2 is 2.05 bits per heavy atom. The Labute approximate surface area is 138 Å². The Bertz CT molecular complexity index is 868. The van der Waals surface area contributed by atoms with Crippen molar-refractivity contribution in [3.05, 3.63) is 52.9 Å². The van der Waals surface area contributed by atoms with Crippen molar-refractivity contribution in [2.75, 3.05) is 0 Å². The fourth-order valence-corrected chi connectivity index (χ4v) is 3.49. The molecule has 1 N–H and O–H groups in total. The third-order valence-corrected chi connectivity index (χ3v) is 4.88. The van der Waals surface area contributed by atoms with E-state index in [1.54, 1.807) is 11.3 Å². The number of rotatable bonds is 4. The van der Waals surface area contributed by atoms with Crippen LogP contribution in [0.3, 0.4) is 0 Å². The van der Waals surface area contributed by atoms with Gasteiger partial charge in [-0.3, -0.25) is 9.67 Å². The highest BCUT2D eigenvalue weighted by Gasteiger charge is 2.16. The molecular weight excluding hydrogens is 312 g/mol. The van der Waals surface area contributed by atoms with Crippen LogP contribution >= 0.6 is 23.6 Å². The highest BCUT2D eigenvalue weighted by Crippen LogP contribution is 2.34. The maximum absolute atomic E-state index is 5.28. The van der Waals surface area contributed by atoms with E-state index < -0.39 is 0 Å². The molecule has 112 valence electrons. The first-order chi connectivity index (χ1) is 10.6. The van der Waals surface area contributed by atoms with Gasteiger partial charge in [-0.2, -0.15) is 5.10 Å². The molecule has 3 rings (SSSR count). The van der Waals surface area contributed by atoms with Gasteiger partial charge in [0.25, 0.3) is 0 Å². The quantitative estimate of drug-likeness (QED) is 0.565. The minimum Gasteiger partial charge on any atom is -0.296 e. The summed E-state index contributed by atoms with van der Waals surface area (Å²) in [6, 6.07) is 8.38. The van der Waals surface area contributed by atoms with Gasteiger partial charge < -0.3 is 0 Å². The largest absolute Gasteiger partial charge is 0.296 e. The Morgan fingerprint density at radius 3 is 2.73 bits per heavy atom. The number of nitrogens with one attached hydrogen (secondary N) is 1. The predicted octanol–water partition coefficient (Wildman–Crippen LogP) is 4.53. The molecular formula is C16H16N4S2. The van der Waals surface area contributed by atoms with Gasteiger partial charge in [-0.15, -0.1) is 17.9 Å². The van der Waals surface area contributed by atoms with Gasteiger partial charge in [-0.25, -0.2) is 4.98 Å². The van der Waals surface area contributed by atoms with Gasteiger partial charge in [0.2, 0.25) is 0 Å². The topological polar surface area (TPSA) is 46.5 Å². The molecule has 2 aromatic heterocycles. The number of nitrogens with zero attached hydrogens (tertiary/aromatic N) is 3. The lowest BCUT2D eigenvalue weighted by Crippen LogP contribution is -1.98. The summed E-state index contributed by atoms with van der Waals surface area (Å²) in [6.45, 7) is 8.48. The smallest absolute Gasteiger partial charge is 0.195 e. The number of H-pyrrole nitrogens is 1. The van der Waals surface area contributed by atoms with E-state index >= 15 is 0 Å². The van der Waals surface area contributed by atoms with Crippen LogP contribution < -0.4 is 0 Å². The van der Waals surface area contributed by atoms with E-state index in [4.69, 9.17) is 12.2 Å². The van der Waals surface area contributed by atoms with Crippen LogP contribution in [0.2, 0.25) is 0 Å². The summed E-state index contributed by atoms with van der Waals surface area (Å²) in [6.07, 6.45) is 1.81. The summed E-state index contributed by atoms with van der Waals surface area (Å²) in [5.74, 6) is 0.818. The zero-order valence-electron chi connectivity index (χ0n) is 12.5. The van der Waals surface area contributed by atoms with Crippen LogP contribution in [0.15, 0.2) is 36.9 Å². The second-order valence-corrected chi connectivity index (χ2v) is 6.44. The van der Waals surface area contributed by atoms with Gasteiger partial charge in [0.1, 0.15) is 5.01 Å². The first-order valence-corrected chi connectivity index (χ1v) is 8.13. The van der Waals surface area contributed by atoms with Crippen LogP contribution in [0.1, 0.15) is 11.3 Å². The Balaban J connectivity index is 2.08. The van der Waals surface area contributed by atoms with Crippen LogP contribution in [0.25, 0.3) is 21.3 Å². The third kappa shape index (κ3) is 2.67. The van der Waals surface area contributed by atoms with E-state index in [-0.39, 0.29) is 0 Å². The predicted molar refractivity (Wildman–Crippen MR) is 93.6 cm³/mol. The lowest BCUT2D eigenvalue weighted by Gasteiger charge is -2.01. The minimum atomic E-state index is 0.597. The molecule has 0 aliphatic rings. The number of thiazole rings is 1. The molecule has 0 atom stereocenters. The highest BCUT2D eigenvalue weighted by atomic mass is 32.1. The van der Waals surface area contributed by atoms with Crippen LogP contribution in [0.5, 0.6) is 0 Å². The average molecular weight is 328 g/mol. The number of allylic oxidation sites excluding steroid dienone is 1. The molecule has 3 aromatic rings. The maximum atomic E-state index is 5.28. The molecule has 0 spiro atoms. The lowest BCUT2D eigenvalue weighted by atomic mass is 10.2. The zero-order chi connectivity index (χ0) is 15.7. The van der Waals surface area contributed by atoms with E-state index in [0.29, 0.717) is 11.3 Å². The molecule has 0 aliphatic heterocycles. The summed E-state index contributed by atoms with van der Waals surface area (Å²) >= 11 is 6.91. The molecule has 4 nitrogen and oxygen atoms in total. The summed E-state index contributed by atoms with van der Waals surface area (Å²) in [5, 5.41) is 8.20. The molecule has 2 heterocycles. The van der Waals surface area contributed by atoms with Crippen molar-refractivity contribution in [1.29, 1.82) is 0 Å². The van der Waals surface area contributed by atoms with E-state index in [0.717, 1.165) is 27.0 Å². The summed E-state index contributed by atoms with van der Waals surface area (Å²) in [4.78, 5) is 5.72. The summed E-state index contributed by atoms with van der Waals surface area (Å²) < 4.78 is 2.53. The molecule has 6 heteroatoms. The number of aromatic nitrogens is 4. The van der Waals surface area contributed by atoms with Gasteiger partial charge in [0, 0.05) is 12.1 Å². The number of hydrogen-bond acceptors (Lipinski definition) is 4. The van der Waals surface area contributed by atoms with Crippen molar-refractivity contribution in [2.45, 2.75) is 20.4 Å². The second kappa shape index (κ2) is 5.98. The first kappa shape index (κ1) is 14.9. The zero-order valence-corrected chi connectivity index (χ0v) is 14.1. The van der Waals surface area contributed by atoms with E-state index in [1.807, 2.05) is 17.6 Å². The van der Waals surface area contributed by atoms with Gasteiger partial charge in [0.05, 0.1) is 10.6 Å². The monoisotopic (exact) mass is 328 g/mol. The number of benzene rings is 1. The Morgan fingerprint density at radius 1 is 1.32 bits per heavy atom. The van der Waals surface area contributed by atoms with Crippen molar-refractivity contribution in [1.82, 2.24) is 19.7 Å². The molecule has 1 aromatic carbocycles. The third-order valence-electron chi connectivity index (χ3n) is 3.37. The van der Waals surface area contributed by atoms with Gasteiger partial charge in [-0.05, 0) is 26.1 Å². The van der Waals surface area contributed by atoms with Crippen LogP contribution in [0.4, 0.5) is 0 Å². The molecule has 0 unspecified atom stereocenters. The molecule has 0 aliphatic carbocycles. The lowest BCUT2D eigenvalue weighted by molar-refractivity contribution is 0.814. The average Bonchev–Trinajstić information content (AvgIpc) is 3.04. The highest BCUT2D eigenvalue weighted by molar-refractivity contribution is 7.71. The van der Waals surface area contributed by atoms with Crippen molar-refractivity contribution in [3.8, 4) is 21.3 Å². The molecule has 0 fully saturated rings. The molecule has 0 radical (unpaired) electrons. The SMILES string of the molecule is C=CCn1c(-c2sc(-c3ccc(C)cc3)nc2C)n[nH]c1=S. The number of aryl methyl sites for hydroxylation is 2. The Kier molecular flexibility index (Phi) is 4.04. The maximum Gasteiger partial charge on any atom is 0.195 e. The van der Waals surface area contributed by atoms with E-state index in [2.05, 4.69) is 52.9 Å². The Hall–Kier alpha value is -2.05. The number of aromatic amines is 1. The van der Waals surface area contributed by atoms with E-state index in [1.165, 1.54) is 5.56 Å². The van der Waals surface area contributed by atoms with Crippen LogP contribution in [0, 0.1) is 18.6 Å². The fourth-order valence-electron chi connectivity index (χ4n) is 2.21. The molecule has 0 saturated heterocycles. The van der Waals surface area contributed by atoms with Gasteiger partial charge >= 0.3 is 0 Å². The second-order valence-electron chi connectivity index (χ2n) is 5.05. The van der Waals surface area contributed by atoms with Gasteiger partial charge in [0.15, 0.2) is 10.6 Å². The van der Waals surface area contributed by atoms with E-state index in [9.17, 15) is 0 Å². The first-order valence-electron chi connectivity index (χ1n) is 6.91. The molecule has 0 amide bonds. The standard InChI is InChI=1S/C16H16N4S2/c1-4-9-20-14(18-19-16(20)21)13-11(3)17-15(22-13)12-7-5-10(2)6-8-12/h4-8H,1,9H2,2-3H3,(H,19,21). The molecule has 22 heavy (non-hydrogen) atoms.